The van der Waals surface area contributed by atoms with Gasteiger partial charge in [-0.1, -0.05) is 11.8 Å². The maximum absolute atomic E-state index is 12.5. The molecule has 144 valence electrons. The number of thioether (sulfide) groups is 1. The number of benzene rings is 1. The number of amides is 1. The summed E-state index contributed by atoms with van der Waals surface area (Å²) in [6, 6.07) is 3.34. The summed E-state index contributed by atoms with van der Waals surface area (Å²) in [5.41, 5.74) is 3.29. The van der Waals surface area contributed by atoms with Gasteiger partial charge in [0.2, 0.25) is 0 Å². The van der Waals surface area contributed by atoms with Crippen LogP contribution in [0, 0.1) is 0 Å². The van der Waals surface area contributed by atoms with Crippen molar-refractivity contribution in [1.82, 2.24) is 9.97 Å². The second kappa shape index (κ2) is 7.70. The highest BCUT2D eigenvalue weighted by molar-refractivity contribution is 8.00. The van der Waals surface area contributed by atoms with E-state index in [0.29, 0.717) is 11.8 Å². The summed E-state index contributed by atoms with van der Waals surface area (Å²) in [7, 11) is 0. The summed E-state index contributed by atoms with van der Waals surface area (Å²) in [5.74, 6) is -2.63. The molecule has 4 N–H and O–H groups in total. The number of carboxylic acid groups (broad SMARTS) is 1. The molecular weight excluding hydrogens is 389 g/mol. The number of nitrogen functional groups attached to an aromatic ring is 1. The number of aromatic amines is 1. The summed E-state index contributed by atoms with van der Waals surface area (Å²) in [6.45, 7) is 1.32. The molecule has 1 atom stereocenters. The van der Waals surface area contributed by atoms with E-state index in [-0.39, 0.29) is 16.5 Å². The monoisotopic (exact) mass is 401 g/mol. The molecule has 0 aliphatic carbocycles. The molecule has 0 fully saturated rings. The third-order valence-corrected chi connectivity index (χ3v) is 4.22. The van der Waals surface area contributed by atoms with Gasteiger partial charge < -0.3 is 21.0 Å². The predicted molar refractivity (Wildman–Crippen MR) is 89.0 cm³/mol. The number of halogens is 3. The van der Waals surface area contributed by atoms with Crippen molar-refractivity contribution in [2.75, 3.05) is 11.1 Å². The number of carbonyl (C=O) groups is 2. The lowest BCUT2D eigenvalue weighted by Crippen LogP contribution is -2.31. The Labute approximate surface area is 154 Å². The van der Waals surface area contributed by atoms with Gasteiger partial charge in [0.25, 0.3) is 11.5 Å². The number of hydrogen-bond donors (Lipinski definition) is 3. The Morgan fingerprint density at radius 2 is 1.89 bits per heavy atom. The second-order valence-electron chi connectivity index (χ2n) is 5.24. The minimum atomic E-state index is -4.55. The first-order valence-corrected chi connectivity index (χ1v) is 8.13. The Kier molecular flexibility index (Phi) is 5.78. The van der Waals surface area contributed by atoms with Crippen LogP contribution in [0.1, 0.15) is 22.8 Å². The molecule has 1 amide bonds. The van der Waals surface area contributed by atoms with E-state index in [9.17, 15) is 32.7 Å². The van der Waals surface area contributed by atoms with Crippen molar-refractivity contribution < 1.29 is 27.9 Å². The molecular formula is C15H12F3N4O4S-. The molecule has 0 unspecified atom stereocenters. The zero-order valence-corrected chi connectivity index (χ0v) is 14.4. The quantitative estimate of drug-likeness (QED) is 0.498. The Morgan fingerprint density at radius 3 is 2.37 bits per heavy atom. The fourth-order valence-electron chi connectivity index (χ4n) is 1.86. The van der Waals surface area contributed by atoms with Crippen molar-refractivity contribution >= 4 is 35.1 Å². The number of aromatic nitrogens is 2. The molecule has 0 saturated heterocycles. The number of hydrogen-bond acceptors (Lipinski definition) is 7. The van der Waals surface area contributed by atoms with E-state index in [2.05, 4.69) is 15.3 Å². The number of nitrogens with zero attached hydrogens (tertiary/aromatic N) is 1. The molecule has 1 aromatic heterocycles. The summed E-state index contributed by atoms with van der Waals surface area (Å²) >= 11 is 0.680. The number of aliphatic carboxylic acids is 1. The highest BCUT2D eigenvalue weighted by Gasteiger charge is 2.30. The molecule has 0 aliphatic heterocycles. The Morgan fingerprint density at radius 1 is 1.30 bits per heavy atom. The molecule has 12 heteroatoms. The van der Waals surface area contributed by atoms with Gasteiger partial charge in [-0.2, -0.15) is 13.2 Å². The van der Waals surface area contributed by atoms with Crippen molar-refractivity contribution in [3.8, 4) is 0 Å². The summed E-state index contributed by atoms with van der Waals surface area (Å²) in [5, 5.41) is 11.8. The number of anilines is 2. The summed E-state index contributed by atoms with van der Waals surface area (Å²) in [4.78, 5) is 40.9. The fourth-order valence-corrected chi connectivity index (χ4v) is 2.59. The number of H-pyrrole nitrogens is 1. The van der Waals surface area contributed by atoms with Gasteiger partial charge in [0.05, 0.1) is 11.5 Å². The van der Waals surface area contributed by atoms with Gasteiger partial charge in [-0.05, 0) is 31.2 Å². The van der Waals surface area contributed by atoms with E-state index >= 15 is 0 Å². The van der Waals surface area contributed by atoms with Gasteiger partial charge in [-0.3, -0.25) is 14.6 Å². The van der Waals surface area contributed by atoms with Crippen molar-refractivity contribution in [3.05, 3.63) is 45.7 Å². The third kappa shape index (κ3) is 5.00. The van der Waals surface area contributed by atoms with E-state index < -0.39 is 40.1 Å². The molecule has 2 rings (SSSR count). The number of nitrogens with two attached hydrogens (primary N) is 1. The minimum Gasteiger partial charge on any atom is -0.549 e. The number of carbonyl (C=O) groups excluding carboxylic acids is 2. The standard InChI is InChI=1S/C15H13F3N4O4S/c1-6(13(25)26)27-14-21-10(19)9(12(24)22-14)20-11(23)7-2-4-8(5-3-7)15(16,17)18/h2-6H,1H3,(H,20,23)(H,25,26)(H3,19,21,22,24)/p-1/t6-/m1/s1. The molecule has 2 aromatic rings. The molecule has 0 aliphatic rings. The fraction of sp³-hybridized carbons (Fsp3) is 0.200. The van der Waals surface area contributed by atoms with Crippen molar-refractivity contribution in [1.29, 1.82) is 0 Å². The minimum absolute atomic E-state index is 0.0956. The molecule has 0 radical (unpaired) electrons. The average molecular weight is 401 g/mol. The average Bonchev–Trinajstić information content (AvgIpc) is 2.57. The lowest BCUT2D eigenvalue weighted by atomic mass is 10.1. The predicted octanol–water partition coefficient (Wildman–Crippen LogP) is 0.854. The van der Waals surface area contributed by atoms with Crippen LogP contribution in [0.15, 0.2) is 34.2 Å². The Hall–Kier alpha value is -3.02. The number of carboxylic acids is 1. The van der Waals surface area contributed by atoms with Crippen LogP contribution in [0.3, 0.4) is 0 Å². The summed E-state index contributed by atoms with van der Waals surface area (Å²) < 4.78 is 37.6. The Balaban J connectivity index is 2.20. The molecule has 0 saturated carbocycles. The van der Waals surface area contributed by atoms with E-state index in [0.717, 1.165) is 24.3 Å². The first kappa shape index (κ1) is 20.3. The van der Waals surface area contributed by atoms with Crippen LogP contribution in [0.2, 0.25) is 0 Å². The molecule has 0 spiro atoms. The van der Waals surface area contributed by atoms with Crippen LogP contribution in [0.4, 0.5) is 24.7 Å². The second-order valence-corrected chi connectivity index (χ2v) is 6.57. The molecule has 27 heavy (non-hydrogen) atoms. The summed E-state index contributed by atoms with van der Waals surface area (Å²) in [6.07, 6.45) is -4.55. The third-order valence-electron chi connectivity index (χ3n) is 3.26. The molecule has 8 nitrogen and oxygen atoms in total. The number of alkyl halides is 3. The van der Waals surface area contributed by atoms with Gasteiger partial charge >= 0.3 is 6.18 Å². The van der Waals surface area contributed by atoms with E-state index in [1.54, 1.807) is 0 Å². The lowest BCUT2D eigenvalue weighted by Gasteiger charge is -2.12. The van der Waals surface area contributed by atoms with Gasteiger partial charge in [-0.25, -0.2) is 4.98 Å². The number of nitrogens with one attached hydrogen (secondary N) is 2. The van der Waals surface area contributed by atoms with Crippen molar-refractivity contribution in [2.24, 2.45) is 0 Å². The highest BCUT2D eigenvalue weighted by atomic mass is 32.2. The lowest BCUT2D eigenvalue weighted by molar-refractivity contribution is -0.304. The maximum Gasteiger partial charge on any atom is 0.416 e. The van der Waals surface area contributed by atoms with Gasteiger partial charge in [0.1, 0.15) is 5.69 Å². The molecule has 1 aromatic carbocycles. The van der Waals surface area contributed by atoms with Crippen LogP contribution in [-0.4, -0.2) is 27.1 Å². The van der Waals surface area contributed by atoms with Crippen LogP contribution in [0.5, 0.6) is 0 Å². The maximum atomic E-state index is 12.5. The van der Waals surface area contributed by atoms with Crippen molar-refractivity contribution in [2.45, 2.75) is 23.5 Å². The van der Waals surface area contributed by atoms with E-state index in [1.807, 2.05) is 0 Å². The van der Waals surface area contributed by atoms with E-state index in [1.165, 1.54) is 6.92 Å². The smallest absolute Gasteiger partial charge is 0.416 e. The van der Waals surface area contributed by atoms with Crippen LogP contribution < -0.4 is 21.7 Å². The largest absolute Gasteiger partial charge is 0.549 e. The van der Waals surface area contributed by atoms with Crippen LogP contribution >= 0.6 is 11.8 Å². The first-order valence-electron chi connectivity index (χ1n) is 7.25. The zero-order valence-electron chi connectivity index (χ0n) is 13.6. The van der Waals surface area contributed by atoms with Gasteiger partial charge in [-0.15, -0.1) is 0 Å². The topological polar surface area (TPSA) is 141 Å². The van der Waals surface area contributed by atoms with Crippen molar-refractivity contribution in [3.63, 3.8) is 0 Å². The van der Waals surface area contributed by atoms with E-state index in [4.69, 9.17) is 5.73 Å². The molecule has 0 bridgehead atoms. The van der Waals surface area contributed by atoms with Gasteiger partial charge in [0.15, 0.2) is 11.0 Å². The van der Waals surface area contributed by atoms with Crippen LogP contribution in [0.25, 0.3) is 0 Å². The first-order chi connectivity index (χ1) is 12.5. The SMILES string of the molecule is C[C@@H](Sc1nc(N)c(NC(=O)c2ccc(C(F)(F)F)cc2)c(=O)[nH]1)C(=O)[O-]. The van der Waals surface area contributed by atoms with Gasteiger partial charge in [0, 0.05) is 10.8 Å². The Bertz CT molecular complexity index is 928. The zero-order chi connectivity index (χ0) is 20.4. The normalized spacial score (nSPS) is 12.4. The number of rotatable bonds is 5. The molecule has 1 heterocycles. The highest BCUT2D eigenvalue weighted by Crippen LogP contribution is 2.29. The van der Waals surface area contributed by atoms with Crippen LogP contribution in [-0.2, 0) is 11.0 Å².